The highest BCUT2D eigenvalue weighted by molar-refractivity contribution is 7.93. The summed E-state index contributed by atoms with van der Waals surface area (Å²) in [5, 5.41) is -5.43. The first-order valence-electron chi connectivity index (χ1n) is 3.22. The van der Waals surface area contributed by atoms with Crippen LogP contribution in [0.25, 0.3) is 0 Å². The SMILES string of the molecule is CC1(F)C(F)(F)C(F)S(=O)(=O)C1(F)F. The Labute approximate surface area is 74.8 Å². The average molecular weight is 242 g/mol. The molecule has 0 amide bonds. The van der Waals surface area contributed by atoms with Crippen LogP contribution in [0.4, 0.5) is 26.3 Å². The molecule has 2 nitrogen and oxygen atoms in total. The quantitative estimate of drug-likeness (QED) is 0.605. The van der Waals surface area contributed by atoms with Crippen molar-refractivity contribution in [2.24, 2.45) is 0 Å². The number of hydrogen-bond donors (Lipinski definition) is 0. The van der Waals surface area contributed by atoms with Gasteiger partial charge in [-0.2, -0.15) is 17.6 Å². The molecule has 0 aromatic heterocycles. The van der Waals surface area contributed by atoms with Crippen molar-refractivity contribution >= 4 is 9.84 Å². The zero-order valence-electron chi connectivity index (χ0n) is 6.57. The van der Waals surface area contributed by atoms with E-state index in [1.54, 1.807) is 0 Å². The van der Waals surface area contributed by atoms with E-state index in [2.05, 4.69) is 0 Å². The Bertz CT molecular complexity index is 358. The lowest BCUT2D eigenvalue weighted by Crippen LogP contribution is -2.50. The second-order valence-electron chi connectivity index (χ2n) is 3.00. The molecule has 0 aliphatic carbocycles. The van der Waals surface area contributed by atoms with E-state index in [1.807, 2.05) is 0 Å². The van der Waals surface area contributed by atoms with Crippen molar-refractivity contribution in [2.75, 3.05) is 0 Å². The molecule has 0 bridgehead atoms. The molecule has 2 unspecified atom stereocenters. The van der Waals surface area contributed by atoms with Gasteiger partial charge in [0.25, 0.3) is 21.0 Å². The molecule has 0 aromatic carbocycles. The van der Waals surface area contributed by atoms with Crippen molar-refractivity contribution in [3.8, 4) is 0 Å². The van der Waals surface area contributed by atoms with Crippen LogP contribution in [-0.4, -0.2) is 30.8 Å². The summed E-state index contributed by atoms with van der Waals surface area (Å²) in [4.78, 5) is 0. The molecule has 0 saturated carbocycles. The Balaban J connectivity index is 3.55. The fraction of sp³-hybridized carbons (Fsp3) is 1.00. The van der Waals surface area contributed by atoms with Crippen molar-refractivity contribution in [2.45, 2.75) is 29.3 Å². The Morgan fingerprint density at radius 1 is 1.07 bits per heavy atom. The first-order chi connectivity index (χ1) is 5.90. The van der Waals surface area contributed by atoms with E-state index >= 15 is 0 Å². The van der Waals surface area contributed by atoms with E-state index in [1.165, 1.54) is 0 Å². The molecule has 2 atom stereocenters. The van der Waals surface area contributed by atoms with E-state index in [4.69, 9.17) is 0 Å². The van der Waals surface area contributed by atoms with Gasteiger partial charge in [-0.15, -0.1) is 0 Å². The maximum Gasteiger partial charge on any atom is 0.387 e. The first kappa shape index (κ1) is 11.6. The topological polar surface area (TPSA) is 34.1 Å². The molecule has 1 heterocycles. The molecular formula is C5H4F6O2S. The minimum Gasteiger partial charge on any atom is -0.229 e. The van der Waals surface area contributed by atoms with Gasteiger partial charge in [0.2, 0.25) is 0 Å². The first-order valence-corrected chi connectivity index (χ1v) is 4.77. The molecular weight excluding hydrogens is 238 g/mol. The van der Waals surface area contributed by atoms with Crippen LogP contribution in [0.5, 0.6) is 0 Å². The summed E-state index contributed by atoms with van der Waals surface area (Å²) in [6.07, 6.45) is 0. The molecule has 1 aliphatic rings. The van der Waals surface area contributed by atoms with Gasteiger partial charge in [0.05, 0.1) is 0 Å². The number of alkyl halides is 6. The van der Waals surface area contributed by atoms with Crippen molar-refractivity contribution in [1.82, 2.24) is 0 Å². The lowest BCUT2D eigenvalue weighted by molar-refractivity contribution is -0.197. The maximum absolute atomic E-state index is 12.8. The number of halogens is 6. The second-order valence-corrected chi connectivity index (χ2v) is 5.02. The summed E-state index contributed by atoms with van der Waals surface area (Å²) in [6, 6.07) is 0. The Morgan fingerprint density at radius 2 is 1.43 bits per heavy atom. The van der Waals surface area contributed by atoms with Gasteiger partial charge in [0.15, 0.2) is 0 Å². The summed E-state index contributed by atoms with van der Waals surface area (Å²) < 4.78 is 96.1. The number of sulfone groups is 1. The largest absolute Gasteiger partial charge is 0.387 e. The molecule has 9 heteroatoms. The monoisotopic (exact) mass is 242 g/mol. The third-order valence-corrected chi connectivity index (χ3v) is 4.03. The van der Waals surface area contributed by atoms with Gasteiger partial charge in [-0.05, 0) is 6.92 Å². The molecule has 0 spiro atoms. The van der Waals surface area contributed by atoms with Crippen LogP contribution in [0, 0.1) is 0 Å². The van der Waals surface area contributed by atoms with Crippen LogP contribution < -0.4 is 0 Å². The molecule has 0 radical (unpaired) electrons. The average Bonchev–Trinajstić information content (AvgIpc) is 2.05. The number of hydrogen-bond acceptors (Lipinski definition) is 2. The smallest absolute Gasteiger partial charge is 0.229 e. The fourth-order valence-electron chi connectivity index (χ4n) is 0.999. The van der Waals surface area contributed by atoms with Gasteiger partial charge >= 0.3 is 11.2 Å². The predicted molar refractivity (Wildman–Crippen MR) is 33.2 cm³/mol. The van der Waals surface area contributed by atoms with Crippen LogP contribution in [0.3, 0.4) is 0 Å². The lowest BCUT2D eigenvalue weighted by atomic mass is 10.0. The molecule has 1 fully saturated rings. The van der Waals surface area contributed by atoms with Crippen molar-refractivity contribution < 1.29 is 34.8 Å². The highest BCUT2D eigenvalue weighted by atomic mass is 32.2. The molecule has 14 heavy (non-hydrogen) atoms. The van der Waals surface area contributed by atoms with Crippen LogP contribution in [0.2, 0.25) is 0 Å². The van der Waals surface area contributed by atoms with E-state index in [0.717, 1.165) is 0 Å². The Hall–Kier alpha value is -0.470. The minimum absolute atomic E-state index is 0.343. The van der Waals surface area contributed by atoms with Crippen LogP contribution >= 0.6 is 0 Å². The van der Waals surface area contributed by atoms with Crippen molar-refractivity contribution in [1.29, 1.82) is 0 Å². The van der Waals surface area contributed by atoms with Gasteiger partial charge < -0.3 is 0 Å². The maximum atomic E-state index is 12.8. The molecule has 84 valence electrons. The van der Waals surface area contributed by atoms with Crippen molar-refractivity contribution in [3.63, 3.8) is 0 Å². The third kappa shape index (κ3) is 0.861. The Kier molecular flexibility index (Phi) is 1.96. The van der Waals surface area contributed by atoms with E-state index in [-0.39, 0.29) is 6.92 Å². The molecule has 1 rings (SSSR count). The summed E-state index contributed by atoms with van der Waals surface area (Å²) in [7, 11) is -6.14. The van der Waals surface area contributed by atoms with Crippen LogP contribution in [-0.2, 0) is 9.84 Å². The highest BCUT2D eigenvalue weighted by Gasteiger charge is 2.86. The summed E-state index contributed by atoms with van der Waals surface area (Å²) in [5.41, 5.74) is -8.96. The lowest BCUT2D eigenvalue weighted by Gasteiger charge is -2.24. The standard InChI is InChI=1S/C5H4F6O2S/c1-3(7)4(8,9)2(6)14(12,13)5(3,10)11/h2H,1H3. The van der Waals surface area contributed by atoms with Gasteiger partial charge in [0, 0.05) is 0 Å². The van der Waals surface area contributed by atoms with Gasteiger partial charge in [0.1, 0.15) is 0 Å². The number of rotatable bonds is 0. The zero-order valence-corrected chi connectivity index (χ0v) is 7.39. The van der Waals surface area contributed by atoms with Crippen LogP contribution in [0.15, 0.2) is 0 Å². The van der Waals surface area contributed by atoms with Crippen LogP contribution in [0.1, 0.15) is 6.92 Å². The summed E-state index contributed by atoms with van der Waals surface area (Å²) >= 11 is 0. The Morgan fingerprint density at radius 3 is 1.50 bits per heavy atom. The van der Waals surface area contributed by atoms with E-state index in [0.29, 0.717) is 0 Å². The second kappa shape index (κ2) is 2.37. The third-order valence-electron chi connectivity index (χ3n) is 2.09. The summed E-state index contributed by atoms with van der Waals surface area (Å²) in [6.45, 7) is -0.343. The molecule has 0 aromatic rings. The van der Waals surface area contributed by atoms with E-state index in [9.17, 15) is 34.8 Å². The van der Waals surface area contributed by atoms with Crippen molar-refractivity contribution in [3.05, 3.63) is 0 Å². The molecule has 0 N–H and O–H groups in total. The minimum atomic E-state index is -6.14. The molecule has 1 aliphatic heterocycles. The van der Waals surface area contributed by atoms with Gasteiger partial charge in [-0.25, -0.2) is 17.2 Å². The molecule has 1 saturated heterocycles. The fourth-order valence-corrected chi connectivity index (χ4v) is 2.54. The van der Waals surface area contributed by atoms with Gasteiger partial charge in [-0.1, -0.05) is 0 Å². The summed E-state index contributed by atoms with van der Waals surface area (Å²) in [5.74, 6) is -5.25. The highest BCUT2D eigenvalue weighted by Crippen LogP contribution is 2.58. The zero-order chi connectivity index (χ0) is 11.6. The normalized spacial score (nSPS) is 43.8. The van der Waals surface area contributed by atoms with E-state index < -0.39 is 32.2 Å². The van der Waals surface area contributed by atoms with Gasteiger partial charge in [-0.3, -0.25) is 0 Å². The predicted octanol–water partition coefficient (Wildman–Crippen LogP) is 1.67.